The Morgan fingerprint density at radius 1 is 1.06 bits per heavy atom. The van der Waals surface area contributed by atoms with Gasteiger partial charge in [-0.1, -0.05) is 12.1 Å². The van der Waals surface area contributed by atoms with Gasteiger partial charge in [0.05, 0.1) is 17.7 Å². The number of ether oxygens (including phenoxy) is 1. The van der Waals surface area contributed by atoms with Gasteiger partial charge < -0.3 is 9.84 Å². The Morgan fingerprint density at radius 2 is 1.75 bits per heavy atom. The smallest absolute Gasteiger partial charge is 0.300 e. The fourth-order valence-electron chi connectivity index (χ4n) is 3.71. The average molecular weight is 432 g/mol. The van der Waals surface area contributed by atoms with Crippen LogP contribution in [0.3, 0.4) is 0 Å². The van der Waals surface area contributed by atoms with E-state index < -0.39 is 23.5 Å². The average Bonchev–Trinajstić information content (AvgIpc) is 3.05. The summed E-state index contributed by atoms with van der Waals surface area (Å²) in [7, 11) is 0. The third-order valence-corrected chi connectivity index (χ3v) is 5.05. The number of aromatic nitrogens is 1. The number of carbonyl (C=O) groups excluding carboxylic acids is 2. The van der Waals surface area contributed by atoms with E-state index in [9.17, 15) is 19.1 Å². The molecule has 0 radical (unpaired) electrons. The minimum Gasteiger partial charge on any atom is -0.507 e. The van der Waals surface area contributed by atoms with Crippen LogP contribution in [-0.4, -0.2) is 27.9 Å². The summed E-state index contributed by atoms with van der Waals surface area (Å²) in [4.78, 5) is 31.4. The number of aliphatic hydroxyl groups excluding tert-OH is 1. The second-order valence-corrected chi connectivity index (χ2v) is 7.62. The summed E-state index contributed by atoms with van der Waals surface area (Å²) >= 11 is 0. The summed E-state index contributed by atoms with van der Waals surface area (Å²) in [6.07, 6.45) is 3.00. The first kappa shape index (κ1) is 21.2. The molecule has 2 aromatic carbocycles. The lowest BCUT2D eigenvalue weighted by atomic mass is 9.95. The molecule has 1 N–H and O–H groups in total. The van der Waals surface area contributed by atoms with Gasteiger partial charge in [0.1, 0.15) is 17.3 Å². The van der Waals surface area contributed by atoms with Gasteiger partial charge in [-0.05, 0) is 67.9 Å². The largest absolute Gasteiger partial charge is 0.507 e. The fourth-order valence-corrected chi connectivity index (χ4v) is 3.71. The second-order valence-electron chi connectivity index (χ2n) is 7.62. The molecule has 2 heterocycles. The number of carbonyl (C=O) groups is 2. The van der Waals surface area contributed by atoms with E-state index in [1.807, 2.05) is 13.8 Å². The number of nitrogens with zero attached hydrogens (tertiary/aromatic N) is 2. The number of benzene rings is 2. The molecule has 1 amide bonds. The van der Waals surface area contributed by atoms with E-state index in [4.69, 9.17) is 4.74 Å². The zero-order chi connectivity index (χ0) is 22.8. The molecule has 1 saturated heterocycles. The molecule has 1 fully saturated rings. The van der Waals surface area contributed by atoms with Crippen molar-refractivity contribution in [3.05, 3.63) is 95.6 Å². The number of hydrogen-bond donors (Lipinski definition) is 1. The highest BCUT2D eigenvalue weighted by atomic mass is 19.1. The van der Waals surface area contributed by atoms with Crippen LogP contribution in [-0.2, 0) is 9.59 Å². The number of anilines is 1. The van der Waals surface area contributed by atoms with Crippen molar-refractivity contribution in [1.29, 1.82) is 0 Å². The van der Waals surface area contributed by atoms with E-state index in [0.717, 1.165) is 0 Å². The van der Waals surface area contributed by atoms with E-state index in [-0.39, 0.29) is 17.4 Å². The highest BCUT2D eigenvalue weighted by molar-refractivity contribution is 6.51. The molecule has 0 aliphatic carbocycles. The van der Waals surface area contributed by atoms with E-state index >= 15 is 0 Å². The number of Topliss-reactive ketones (excluding diaryl/α,β-unsaturated/α-hetero) is 1. The Morgan fingerprint density at radius 3 is 2.41 bits per heavy atom. The first-order valence-corrected chi connectivity index (χ1v) is 10.1. The standard InChI is InChI=1S/C25H21FN2O4/c1-15(2)32-20-5-3-4-17(14-20)23(29)21-22(16-10-12-27-13-11-16)28(25(31)24(21)30)19-8-6-18(26)7-9-19/h3-15,22,29H,1-2H3/b23-21-. The quantitative estimate of drug-likeness (QED) is 0.361. The van der Waals surface area contributed by atoms with Gasteiger partial charge in [0.2, 0.25) is 0 Å². The van der Waals surface area contributed by atoms with Crippen LogP contribution in [0.5, 0.6) is 5.75 Å². The maximum absolute atomic E-state index is 13.5. The van der Waals surface area contributed by atoms with Crippen molar-refractivity contribution in [2.75, 3.05) is 4.90 Å². The van der Waals surface area contributed by atoms with Gasteiger partial charge in [-0.2, -0.15) is 0 Å². The molecule has 1 atom stereocenters. The lowest BCUT2D eigenvalue weighted by Crippen LogP contribution is -2.29. The van der Waals surface area contributed by atoms with Crippen LogP contribution in [0, 0.1) is 5.82 Å². The Balaban J connectivity index is 1.89. The van der Waals surface area contributed by atoms with Gasteiger partial charge in [-0.3, -0.25) is 19.5 Å². The minimum atomic E-state index is -0.905. The molecule has 3 aromatic rings. The summed E-state index contributed by atoms with van der Waals surface area (Å²) in [6.45, 7) is 3.76. The van der Waals surface area contributed by atoms with Gasteiger partial charge in [0.15, 0.2) is 0 Å². The Labute approximate surface area is 184 Å². The Kier molecular flexibility index (Phi) is 5.73. The van der Waals surface area contributed by atoms with Crippen molar-refractivity contribution in [2.24, 2.45) is 0 Å². The topological polar surface area (TPSA) is 79.7 Å². The molecule has 0 bridgehead atoms. The van der Waals surface area contributed by atoms with Crippen LogP contribution in [0.2, 0.25) is 0 Å². The summed E-state index contributed by atoms with van der Waals surface area (Å²) < 4.78 is 19.2. The first-order chi connectivity index (χ1) is 15.4. The van der Waals surface area contributed by atoms with E-state index in [2.05, 4.69) is 4.98 Å². The predicted octanol–water partition coefficient (Wildman–Crippen LogP) is 4.63. The summed E-state index contributed by atoms with van der Waals surface area (Å²) in [5.74, 6) is -1.90. The minimum absolute atomic E-state index is 0.0628. The number of ketones is 1. The molecular formula is C25H21FN2O4. The maximum atomic E-state index is 13.5. The van der Waals surface area contributed by atoms with Crippen molar-refractivity contribution < 1.29 is 23.8 Å². The van der Waals surface area contributed by atoms with Crippen LogP contribution in [0.15, 0.2) is 78.6 Å². The first-order valence-electron chi connectivity index (χ1n) is 10.1. The maximum Gasteiger partial charge on any atom is 0.300 e. The molecule has 7 heteroatoms. The number of rotatable bonds is 5. The SMILES string of the molecule is CC(C)Oc1cccc(/C(O)=C2/C(=O)C(=O)N(c3ccc(F)cc3)C2c2ccncc2)c1. The Bertz CT molecular complexity index is 1190. The van der Waals surface area contributed by atoms with Gasteiger partial charge in [-0.15, -0.1) is 0 Å². The molecule has 1 unspecified atom stereocenters. The lowest BCUT2D eigenvalue weighted by molar-refractivity contribution is -0.132. The van der Waals surface area contributed by atoms with E-state index in [1.165, 1.54) is 41.6 Å². The molecule has 1 aliphatic heterocycles. The molecule has 32 heavy (non-hydrogen) atoms. The van der Waals surface area contributed by atoms with E-state index in [1.54, 1.807) is 36.4 Å². The third kappa shape index (κ3) is 3.97. The van der Waals surface area contributed by atoms with Gasteiger partial charge in [-0.25, -0.2) is 4.39 Å². The van der Waals surface area contributed by atoms with Crippen molar-refractivity contribution in [2.45, 2.75) is 26.0 Å². The van der Waals surface area contributed by atoms with Gasteiger partial charge in [0.25, 0.3) is 11.7 Å². The second kappa shape index (κ2) is 8.63. The van der Waals surface area contributed by atoms with E-state index in [0.29, 0.717) is 22.6 Å². The van der Waals surface area contributed by atoms with Crippen molar-refractivity contribution in [1.82, 2.24) is 4.98 Å². The molecule has 0 spiro atoms. The number of amides is 1. The number of pyridine rings is 1. The van der Waals surface area contributed by atoms with Crippen molar-refractivity contribution in [3.8, 4) is 5.75 Å². The molecule has 1 aliphatic rings. The zero-order valence-corrected chi connectivity index (χ0v) is 17.5. The molecular weight excluding hydrogens is 411 g/mol. The number of halogens is 1. The van der Waals surface area contributed by atoms with Crippen LogP contribution in [0.4, 0.5) is 10.1 Å². The van der Waals surface area contributed by atoms with Gasteiger partial charge in [0, 0.05) is 23.6 Å². The van der Waals surface area contributed by atoms with Crippen LogP contribution < -0.4 is 9.64 Å². The third-order valence-electron chi connectivity index (χ3n) is 5.05. The fraction of sp³-hybridized carbons (Fsp3) is 0.160. The summed E-state index contributed by atoms with van der Waals surface area (Å²) in [6, 6.07) is 14.4. The van der Waals surface area contributed by atoms with Crippen molar-refractivity contribution in [3.63, 3.8) is 0 Å². The monoisotopic (exact) mass is 432 g/mol. The van der Waals surface area contributed by atoms with Crippen LogP contribution >= 0.6 is 0 Å². The molecule has 162 valence electrons. The highest BCUT2D eigenvalue weighted by Crippen LogP contribution is 2.42. The number of hydrogen-bond acceptors (Lipinski definition) is 5. The lowest BCUT2D eigenvalue weighted by Gasteiger charge is -2.25. The molecule has 0 saturated carbocycles. The van der Waals surface area contributed by atoms with Crippen molar-refractivity contribution >= 4 is 23.1 Å². The van der Waals surface area contributed by atoms with Crippen LogP contribution in [0.25, 0.3) is 5.76 Å². The zero-order valence-electron chi connectivity index (χ0n) is 17.5. The summed E-state index contributed by atoms with van der Waals surface area (Å²) in [5, 5.41) is 11.2. The normalized spacial score (nSPS) is 17.8. The highest BCUT2D eigenvalue weighted by Gasteiger charge is 2.47. The predicted molar refractivity (Wildman–Crippen MR) is 118 cm³/mol. The summed E-state index contributed by atoms with van der Waals surface area (Å²) in [5.41, 5.74) is 1.21. The molecule has 1 aromatic heterocycles. The van der Waals surface area contributed by atoms with Crippen LogP contribution in [0.1, 0.15) is 31.0 Å². The molecule has 4 rings (SSSR count). The number of aliphatic hydroxyl groups is 1. The Hall–Kier alpha value is -4.00. The van der Waals surface area contributed by atoms with Gasteiger partial charge >= 0.3 is 0 Å². The molecule has 6 nitrogen and oxygen atoms in total.